The van der Waals surface area contributed by atoms with Crippen molar-refractivity contribution >= 4 is 20.9 Å². The SMILES string of the molecule is CCCCCCCCCCC(C(=O)O)C1(C(=O)c2c(C)cc(C)cc2C)CCCC1.O=P. The Hall–Kier alpha value is -1.54. The molecule has 32 heavy (non-hydrogen) atoms. The highest BCUT2D eigenvalue weighted by atomic mass is 31.0. The third-order valence-electron chi connectivity index (χ3n) is 7.16. The first-order valence-corrected chi connectivity index (χ1v) is 12.8. The van der Waals surface area contributed by atoms with Crippen LogP contribution in [-0.4, -0.2) is 16.9 Å². The minimum Gasteiger partial charge on any atom is -0.481 e. The molecule has 180 valence electrons. The van der Waals surface area contributed by atoms with Gasteiger partial charge in [-0.2, -0.15) is 0 Å². The molecule has 0 aliphatic heterocycles. The molecular formula is C27H43O4P. The molecule has 0 heterocycles. The van der Waals surface area contributed by atoms with Gasteiger partial charge in [-0.15, -0.1) is 0 Å². The van der Waals surface area contributed by atoms with E-state index in [0.717, 1.165) is 47.9 Å². The molecule has 0 amide bonds. The summed E-state index contributed by atoms with van der Waals surface area (Å²) in [6.45, 7) is 8.25. The van der Waals surface area contributed by atoms with E-state index in [0.29, 0.717) is 19.3 Å². The molecule has 0 radical (unpaired) electrons. The zero-order valence-corrected chi connectivity index (χ0v) is 21.6. The summed E-state index contributed by atoms with van der Waals surface area (Å²) in [6.07, 6.45) is 13.5. The monoisotopic (exact) mass is 462 g/mol. The van der Waals surface area contributed by atoms with Gasteiger partial charge in [0, 0.05) is 11.0 Å². The summed E-state index contributed by atoms with van der Waals surface area (Å²) < 4.78 is 8.06. The molecule has 1 fully saturated rings. The van der Waals surface area contributed by atoms with E-state index in [9.17, 15) is 14.7 Å². The highest BCUT2D eigenvalue weighted by Crippen LogP contribution is 2.49. The summed E-state index contributed by atoms with van der Waals surface area (Å²) in [7, 11) is 1.72. The van der Waals surface area contributed by atoms with E-state index in [2.05, 4.69) is 19.1 Å². The van der Waals surface area contributed by atoms with Crippen molar-refractivity contribution in [2.45, 2.75) is 111 Å². The van der Waals surface area contributed by atoms with E-state index in [4.69, 9.17) is 4.57 Å². The van der Waals surface area contributed by atoms with Crippen LogP contribution in [0.15, 0.2) is 12.1 Å². The van der Waals surface area contributed by atoms with Crippen molar-refractivity contribution < 1.29 is 19.3 Å². The molecule has 1 aliphatic carbocycles. The van der Waals surface area contributed by atoms with E-state index in [1.54, 1.807) is 9.12 Å². The van der Waals surface area contributed by atoms with Crippen molar-refractivity contribution in [3.63, 3.8) is 0 Å². The molecule has 4 nitrogen and oxygen atoms in total. The summed E-state index contributed by atoms with van der Waals surface area (Å²) in [5.41, 5.74) is 3.16. The molecule has 0 saturated heterocycles. The number of carboxylic acids is 1. The summed E-state index contributed by atoms with van der Waals surface area (Å²) in [4.78, 5) is 26.2. The number of aliphatic carboxylic acids is 1. The molecule has 1 N–H and O–H groups in total. The first kappa shape index (κ1) is 28.5. The first-order valence-electron chi connectivity index (χ1n) is 12.4. The first-order chi connectivity index (χ1) is 15.3. The molecule has 1 saturated carbocycles. The van der Waals surface area contributed by atoms with Gasteiger partial charge in [-0.05, 0) is 51.2 Å². The van der Waals surface area contributed by atoms with Crippen molar-refractivity contribution in [1.29, 1.82) is 0 Å². The number of carboxylic acid groups (broad SMARTS) is 1. The molecule has 1 unspecified atom stereocenters. The van der Waals surface area contributed by atoms with Crippen LogP contribution < -0.4 is 0 Å². The predicted molar refractivity (Wildman–Crippen MR) is 133 cm³/mol. The van der Waals surface area contributed by atoms with E-state index >= 15 is 0 Å². The number of ketones is 1. The van der Waals surface area contributed by atoms with Crippen molar-refractivity contribution in [3.8, 4) is 0 Å². The predicted octanol–water partition coefficient (Wildman–Crippen LogP) is 8.06. The number of unbranched alkanes of at least 4 members (excludes halogenated alkanes) is 7. The lowest BCUT2D eigenvalue weighted by Gasteiger charge is -2.35. The van der Waals surface area contributed by atoms with Crippen LogP contribution in [0.25, 0.3) is 0 Å². The van der Waals surface area contributed by atoms with Gasteiger partial charge >= 0.3 is 5.97 Å². The van der Waals surface area contributed by atoms with Gasteiger partial charge < -0.3 is 5.11 Å². The third kappa shape index (κ3) is 7.51. The van der Waals surface area contributed by atoms with Gasteiger partial charge in [-0.3, -0.25) is 14.2 Å². The number of hydrogen-bond acceptors (Lipinski definition) is 3. The Kier molecular flexibility index (Phi) is 13.0. The average Bonchev–Trinajstić information content (AvgIpc) is 3.23. The van der Waals surface area contributed by atoms with Crippen LogP contribution in [0.4, 0.5) is 0 Å². The Morgan fingerprint density at radius 2 is 1.38 bits per heavy atom. The lowest BCUT2D eigenvalue weighted by atomic mass is 9.66. The Labute approximate surface area is 197 Å². The maximum Gasteiger partial charge on any atom is 0.307 e. The molecule has 1 atom stereocenters. The summed E-state index contributed by atoms with van der Waals surface area (Å²) in [5.74, 6) is -1.26. The van der Waals surface area contributed by atoms with Crippen LogP contribution in [0.1, 0.15) is 117 Å². The van der Waals surface area contributed by atoms with Crippen LogP contribution in [0.3, 0.4) is 0 Å². The van der Waals surface area contributed by atoms with E-state index in [1.165, 1.54) is 38.5 Å². The van der Waals surface area contributed by atoms with Crippen molar-refractivity contribution in [2.24, 2.45) is 11.3 Å². The van der Waals surface area contributed by atoms with E-state index in [1.807, 2.05) is 20.8 Å². The van der Waals surface area contributed by atoms with Crippen molar-refractivity contribution in [1.82, 2.24) is 0 Å². The standard InChI is InChI=1S/C27H42O3.HOP/c1-5-6-7-8-9-10-11-12-15-23(26(29)30)27(16-13-14-17-27)25(28)24-21(3)18-20(2)19-22(24)4;1-2/h18-19,23H,5-17H2,1-4H3,(H,29,30);2H. The highest BCUT2D eigenvalue weighted by Gasteiger charge is 2.50. The molecule has 0 aromatic heterocycles. The number of carbonyl (C=O) groups excluding carboxylic acids is 1. The van der Waals surface area contributed by atoms with E-state index in [-0.39, 0.29) is 5.78 Å². The molecule has 1 aliphatic rings. The molecule has 1 aromatic rings. The topological polar surface area (TPSA) is 71.4 Å². The lowest BCUT2D eigenvalue weighted by molar-refractivity contribution is -0.146. The average molecular weight is 463 g/mol. The van der Waals surface area contributed by atoms with Crippen molar-refractivity contribution in [2.75, 3.05) is 0 Å². The molecule has 0 spiro atoms. The zero-order chi connectivity index (χ0) is 24.1. The maximum atomic E-state index is 13.8. The number of rotatable bonds is 13. The Balaban J connectivity index is 0.00000249. The minimum absolute atomic E-state index is 0.0852. The second kappa shape index (κ2) is 14.6. The number of Topliss-reactive ketones (excluding diaryl/α,β-unsaturated/α-hetero) is 1. The molecule has 2 rings (SSSR count). The maximum absolute atomic E-state index is 13.8. The summed E-state index contributed by atoms with van der Waals surface area (Å²) in [5, 5.41) is 10.1. The third-order valence-corrected chi connectivity index (χ3v) is 7.16. The fraction of sp³-hybridized carbons (Fsp3) is 0.704. The smallest absolute Gasteiger partial charge is 0.307 e. The molecular weight excluding hydrogens is 419 g/mol. The summed E-state index contributed by atoms with van der Waals surface area (Å²) in [6, 6.07) is 4.11. The Morgan fingerprint density at radius 3 is 1.84 bits per heavy atom. The van der Waals surface area contributed by atoms with Crippen LogP contribution in [0, 0.1) is 32.1 Å². The second-order valence-corrected chi connectivity index (χ2v) is 9.62. The lowest BCUT2D eigenvalue weighted by Crippen LogP contribution is -2.41. The fourth-order valence-electron chi connectivity index (χ4n) is 5.65. The van der Waals surface area contributed by atoms with Gasteiger partial charge in [0.25, 0.3) is 0 Å². The number of hydrogen-bond donors (Lipinski definition) is 1. The van der Waals surface area contributed by atoms with Gasteiger partial charge in [0.15, 0.2) is 5.78 Å². The van der Waals surface area contributed by atoms with Gasteiger partial charge in [-0.25, -0.2) is 0 Å². The van der Waals surface area contributed by atoms with Gasteiger partial charge in [0.05, 0.1) is 5.92 Å². The van der Waals surface area contributed by atoms with Gasteiger partial charge in [0.2, 0.25) is 0 Å². The second-order valence-electron chi connectivity index (χ2n) is 9.62. The van der Waals surface area contributed by atoms with Crippen LogP contribution in [-0.2, 0) is 9.36 Å². The number of carbonyl (C=O) groups is 2. The normalized spacial score (nSPS) is 15.6. The van der Waals surface area contributed by atoms with Crippen molar-refractivity contribution in [3.05, 3.63) is 34.4 Å². The molecule has 5 heteroatoms. The summed E-state index contributed by atoms with van der Waals surface area (Å²) >= 11 is 0. The van der Waals surface area contributed by atoms with Gasteiger partial charge in [-0.1, -0.05) is 88.8 Å². The van der Waals surface area contributed by atoms with Gasteiger partial charge in [0.1, 0.15) is 9.12 Å². The quantitative estimate of drug-likeness (QED) is 0.183. The highest BCUT2D eigenvalue weighted by molar-refractivity contribution is 7.00. The molecule has 0 bridgehead atoms. The zero-order valence-electron chi connectivity index (χ0n) is 20.6. The van der Waals surface area contributed by atoms with Crippen LogP contribution in [0.5, 0.6) is 0 Å². The Morgan fingerprint density at radius 1 is 0.906 bits per heavy atom. The number of benzene rings is 1. The van der Waals surface area contributed by atoms with Crippen LogP contribution in [0.2, 0.25) is 0 Å². The van der Waals surface area contributed by atoms with Crippen LogP contribution >= 0.6 is 9.12 Å². The fourth-order valence-corrected chi connectivity index (χ4v) is 5.65. The Bertz CT molecular complexity index is 714. The molecule has 1 aromatic carbocycles. The number of aryl methyl sites for hydroxylation is 3. The minimum atomic E-state index is -0.782. The largest absolute Gasteiger partial charge is 0.481 e. The van der Waals surface area contributed by atoms with E-state index < -0.39 is 17.3 Å².